The monoisotopic (exact) mass is 258 g/mol. The Bertz CT molecular complexity index is 815. The maximum atomic E-state index is 11.9. The van der Waals surface area contributed by atoms with E-state index in [4.69, 9.17) is 4.42 Å². The number of nitrogens with zero attached hydrogens (tertiary/aromatic N) is 2. The van der Waals surface area contributed by atoms with E-state index in [1.54, 1.807) is 18.5 Å². The number of hydrogen-bond donors (Lipinski definition) is 1. The zero-order chi connectivity index (χ0) is 13.6. The number of fused-ring (bicyclic) bond motifs is 3. The molecule has 0 saturated heterocycles. The molecule has 19 heavy (non-hydrogen) atoms. The molecule has 1 N–H and O–H groups in total. The average molecular weight is 258 g/mol. The van der Waals surface area contributed by atoms with Gasteiger partial charge in [0.15, 0.2) is 5.52 Å². The third-order valence-electron chi connectivity index (χ3n) is 3.02. The molecule has 0 aliphatic rings. The maximum absolute atomic E-state index is 11.9. The van der Waals surface area contributed by atoms with Crippen LogP contribution in [0.1, 0.15) is 13.8 Å². The van der Waals surface area contributed by atoms with Crippen molar-refractivity contribution in [3.63, 3.8) is 0 Å². The largest absolute Gasteiger partial charge is 0.508 e. The van der Waals surface area contributed by atoms with Gasteiger partial charge in [-0.05, 0) is 18.1 Å². The van der Waals surface area contributed by atoms with Gasteiger partial charge in [-0.25, -0.2) is 9.78 Å². The van der Waals surface area contributed by atoms with Gasteiger partial charge in [0.1, 0.15) is 11.3 Å². The topological polar surface area (TPSA) is 68.3 Å². The van der Waals surface area contributed by atoms with Gasteiger partial charge in [0.05, 0.1) is 11.8 Å². The zero-order valence-electron chi connectivity index (χ0n) is 10.8. The molecule has 5 heteroatoms. The lowest BCUT2D eigenvalue weighted by atomic mass is 10.2. The van der Waals surface area contributed by atoms with Crippen LogP contribution in [0.15, 0.2) is 33.7 Å². The van der Waals surface area contributed by atoms with Gasteiger partial charge >= 0.3 is 5.63 Å². The number of imidazole rings is 1. The number of rotatable bonds is 2. The van der Waals surface area contributed by atoms with Crippen LogP contribution in [0.5, 0.6) is 5.75 Å². The van der Waals surface area contributed by atoms with Crippen LogP contribution in [0.25, 0.3) is 22.0 Å². The first-order chi connectivity index (χ1) is 9.06. The second kappa shape index (κ2) is 4.12. The Balaban J connectivity index is 2.43. The molecule has 5 nitrogen and oxygen atoms in total. The number of hydrogen-bond acceptors (Lipinski definition) is 4. The van der Waals surface area contributed by atoms with Crippen LogP contribution in [-0.4, -0.2) is 14.7 Å². The Morgan fingerprint density at radius 2 is 2.21 bits per heavy atom. The number of aromatic hydroxyl groups is 1. The number of benzene rings is 1. The molecular weight excluding hydrogens is 244 g/mol. The second-order valence-corrected chi connectivity index (χ2v) is 5.06. The van der Waals surface area contributed by atoms with Crippen molar-refractivity contribution < 1.29 is 9.52 Å². The van der Waals surface area contributed by atoms with Gasteiger partial charge in [-0.3, -0.25) is 0 Å². The summed E-state index contributed by atoms with van der Waals surface area (Å²) in [7, 11) is 0. The van der Waals surface area contributed by atoms with Crippen molar-refractivity contribution in [2.24, 2.45) is 5.92 Å². The molecule has 0 radical (unpaired) electrons. The summed E-state index contributed by atoms with van der Waals surface area (Å²) in [5, 5.41) is 10.3. The predicted octanol–water partition coefficient (Wildman–Crippen LogP) is 2.50. The minimum absolute atomic E-state index is 0.0740. The first-order valence-corrected chi connectivity index (χ1v) is 6.17. The molecule has 0 spiro atoms. The molecule has 0 amide bonds. The summed E-state index contributed by atoms with van der Waals surface area (Å²) in [5.74, 6) is 0.515. The summed E-state index contributed by atoms with van der Waals surface area (Å²) in [6, 6.07) is 4.77. The summed E-state index contributed by atoms with van der Waals surface area (Å²) in [4.78, 5) is 16.0. The van der Waals surface area contributed by atoms with Gasteiger partial charge in [-0.1, -0.05) is 13.8 Å². The minimum atomic E-state index is -0.476. The summed E-state index contributed by atoms with van der Waals surface area (Å²) in [5.41, 5.74) is 0.998. The molecule has 3 rings (SSSR count). The van der Waals surface area contributed by atoms with Crippen molar-refractivity contribution in [1.82, 2.24) is 9.55 Å². The van der Waals surface area contributed by atoms with Gasteiger partial charge < -0.3 is 14.1 Å². The number of phenolic OH excluding ortho intramolecular Hbond substituents is 1. The van der Waals surface area contributed by atoms with Gasteiger partial charge in [-0.2, -0.15) is 0 Å². The lowest BCUT2D eigenvalue weighted by Crippen LogP contribution is -2.05. The first-order valence-electron chi connectivity index (χ1n) is 6.17. The van der Waals surface area contributed by atoms with Crippen molar-refractivity contribution >= 4 is 22.0 Å². The highest BCUT2D eigenvalue weighted by atomic mass is 16.4. The SMILES string of the molecule is CC(C)Cn1cnc2c(=O)oc3cc(O)ccc3c21. The fraction of sp³-hybridized carbons (Fsp3) is 0.286. The van der Waals surface area contributed by atoms with E-state index in [1.807, 2.05) is 4.57 Å². The van der Waals surface area contributed by atoms with Crippen LogP contribution in [0.4, 0.5) is 0 Å². The van der Waals surface area contributed by atoms with Crippen molar-refractivity contribution in [3.05, 3.63) is 34.9 Å². The summed E-state index contributed by atoms with van der Waals surface area (Å²) in [6.07, 6.45) is 1.66. The third kappa shape index (κ3) is 1.87. The molecule has 2 aromatic heterocycles. The van der Waals surface area contributed by atoms with E-state index < -0.39 is 5.63 Å². The average Bonchev–Trinajstić information content (AvgIpc) is 2.73. The lowest BCUT2D eigenvalue weighted by molar-refractivity contribution is 0.473. The van der Waals surface area contributed by atoms with Crippen LogP contribution in [-0.2, 0) is 6.54 Å². The fourth-order valence-corrected chi connectivity index (χ4v) is 2.29. The van der Waals surface area contributed by atoms with Crippen molar-refractivity contribution in [3.8, 4) is 5.75 Å². The van der Waals surface area contributed by atoms with E-state index >= 15 is 0 Å². The molecule has 1 aromatic carbocycles. The van der Waals surface area contributed by atoms with Gasteiger partial charge in [0.2, 0.25) is 0 Å². The molecule has 0 aliphatic carbocycles. The Morgan fingerprint density at radius 1 is 1.42 bits per heavy atom. The molecule has 0 atom stereocenters. The highest BCUT2D eigenvalue weighted by molar-refractivity contribution is 6.01. The summed E-state index contributed by atoms with van der Waals surface area (Å²) < 4.78 is 7.14. The van der Waals surface area contributed by atoms with E-state index in [9.17, 15) is 9.90 Å². The van der Waals surface area contributed by atoms with Crippen molar-refractivity contribution in [2.75, 3.05) is 0 Å². The molecular formula is C14H14N2O3. The van der Waals surface area contributed by atoms with E-state index in [1.165, 1.54) is 6.07 Å². The van der Waals surface area contributed by atoms with Crippen molar-refractivity contribution in [2.45, 2.75) is 20.4 Å². The van der Waals surface area contributed by atoms with Gasteiger partial charge in [0.25, 0.3) is 0 Å². The highest BCUT2D eigenvalue weighted by Crippen LogP contribution is 2.25. The van der Waals surface area contributed by atoms with Crippen LogP contribution >= 0.6 is 0 Å². The minimum Gasteiger partial charge on any atom is -0.508 e. The molecule has 98 valence electrons. The molecule has 2 heterocycles. The zero-order valence-corrected chi connectivity index (χ0v) is 10.8. The van der Waals surface area contributed by atoms with Crippen LogP contribution in [0.3, 0.4) is 0 Å². The molecule has 0 unspecified atom stereocenters. The van der Waals surface area contributed by atoms with Crippen LogP contribution < -0.4 is 5.63 Å². The second-order valence-electron chi connectivity index (χ2n) is 5.06. The normalized spacial score (nSPS) is 11.7. The molecule has 3 aromatic rings. The molecule has 0 bridgehead atoms. The quantitative estimate of drug-likeness (QED) is 0.717. The summed E-state index contributed by atoms with van der Waals surface area (Å²) in [6.45, 7) is 4.98. The molecule has 0 aliphatic heterocycles. The third-order valence-corrected chi connectivity index (χ3v) is 3.02. The smallest absolute Gasteiger partial charge is 0.364 e. The van der Waals surface area contributed by atoms with Crippen LogP contribution in [0, 0.1) is 5.92 Å². The van der Waals surface area contributed by atoms with E-state index in [2.05, 4.69) is 18.8 Å². The lowest BCUT2D eigenvalue weighted by Gasteiger charge is -2.08. The summed E-state index contributed by atoms with van der Waals surface area (Å²) >= 11 is 0. The molecule has 0 fully saturated rings. The molecule has 0 saturated carbocycles. The van der Waals surface area contributed by atoms with E-state index in [0.717, 1.165) is 17.4 Å². The first kappa shape index (κ1) is 11.8. The van der Waals surface area contributed by atoms with E-state index in [-0.39, 0.29) is 5.75 Å². The standard InChI is InChI=1S/C14H14N2O3/c1-8(2)6-16-7-15-12-13(16)10-4-3-9(17)5-11(10)19-14(12)18/h3-5,7-8,17H,6H2,1-2H3. The Morgan fingerprint density at radius 3 is 2.95 bits per heavy atom. The fourth-order valence-electron chi connectivity index (χ4n) is 2.29. The Labute approximate surface area is 109 Å². The highest BCUT2D eigenvalue weighted by Gasteiger charge is 2.14. The Kier molecular flexibility index (Phi) is 2.55. The number of phenols is 1. The van der Waals surface area contributed by atoms with Gasteiger partial charge in [-0.15, -0.1) is 0 Å². The van der Waals surface area contributed by atoms with Crippen molar-refractivity contribution in [1.29, 1.82) is 0 Å². The maximum Gasteiger partial charge on any atom is 0.364 e. The van der Waals surface area contributed by atoms with E-state index in [0.29, 0.717) is 17.0 Å². The predicted molar refractivity (Wildman–Crippen MR) is 72.3 cm³/mol. The van der Waals surface area contributed by atoms with Crippen LogP contribution in [0.2, 0.25) is 0 Å². The Hall–Kier alpha value is -2.30. The number of aromatic nitrogens is 2. The van der Waals surface area contributed by atoms with Gasteiger partial charge in [0, 0.05) is 18.0 Å².